The van der Waals surface area contributed by atoms with Gasteiger partial charge in [-0.25, -0.2) is 4.39 Å². The van der Waals surface area contributed by atoms with Gasteiger partial charge in [0.05, 0.1) is 6.04 Å². The molecule has 0 aliphatic carbocycles. The van der Waals surface area contributed by atoms with Crippen LogP contribution in [0.25, 0.3) is 0 Å². The lowest BCUT2D eigenvalue weighted by Crippen LogP contribution is -2.45. The summed E-state index contributed by atoms with van der Waals surface area (Å²) in [6.45, 7) is 0.322. The number of rotatable bonds is 5. The molecule has 1 heterocycles. The summed E-state index contributed by atoms with van der Waals surface area (Å²) in [5.41, 5.74) is 7.29. The summed E-state index contributed by atoms with van der Waals surface area (Å²) in [6, 6.07) is 14.0. The summed E-state index contributed by atoms with van der Waals surface area (Å²) in [7, 11) is 0. The molecule has 3 rings (SSSR count). The summed E-state index contributed by atoms with van der Waals surface area (Å²) < 4.78 is 18.8. The minimum absolute atomic E-state index is 0.133. The maximum atomic E-state index is 13.1. The number of nitrogens with two attached hydrogens (primary N) is 1. The molecule has 0 aromatic heterocycles. The zero-order valence-electron chi connectivity index (χ0n) is 13.4. The smallest absolute Gasteiger partial charge is 0.234 e. The first kappa shape index (κ1) is 16.5. The van der Waals surface area contributed by atoms with Crippen LogP contribution >= 0.6 is 0 Å². The first-order chi connectivity index (χ1) is 11.6. The molecule has 3 N–H and O–H groups in total. The average Bonchev–Trinajstić information content (AvgIpc) is 2.60. The lowest BCUT2D eigenvalue weighted by molar-refractivity contribution is -0.120. The Morgan fingerprint density at radius 1 is 1.21 bits per heavy atom. The third-order valence-corrected chi connectivity index (χ3v) is 4.31. The number of carbonyl (C=O) groups excluding carboxylic acids is 1. The van der Waals surface area contributed by atoms with Gasteiger partial charge in [-0.2, -0.15) is 0 Å². The highest BCUT2D eigenvalue weighted by atomic mass is 19.1. The normalized spacial score (nSPS) is 20.5. The minimum atomic E-state index is -0.297. The van der Waals surface area contributed by atoms with Crippen LogP contribution in [0.5, 0.6) is 5.75 Å². The second kappa shape index (κ2) is 7.45. The van der Waals surface area contributed by atoms with Crippen molar-refractivity contribution in [3.63, 3.8) is 0 Å². The van der Waals surface area contributed by atoms with Gasteiger partial charge in [0.2, 0.25) is 5.91 Å². The largest absolute Gasteiger partial charge is 0.489 e. The average molecular weight is 328 g/mol. The van der Waals surface area contributed by atoms with Crippen LogP contribution in [0.15, 0.2) is 48.5 Å². The van der Waals surface area contributed by atoms with Crippen molar-refractivity contribution >= 4 is 5.91 Å². The summed E-state index contributed by atoms with van der Waals surface area (Å²) in [5.74, 6) is 0.166. The second-order valence-corrected chi connectivity index (χ2v) is 6.09. The van der Waals surface area contributed by atoms with Crippen molar-refractivity contribution in [2.24, 2.45) is 5.73 Å². The van der Waals surface area contributed by atoms with Crippen molar-refractivity contribution in [2.45, 2.75) is 38.0 Å². The zero-order valence-corrected chi connectivity index (χ0v) is 13.4. The SMILES string of the molecule is NC(=O)[C@H]1CCC[C@@H](c2ccc(OCc3cccc(F)c3)cc2)N1. The van der Waals surface area contributed by atoms with Crippen LogP contribution in [-0.4, -0.2) is 11.9 Å². The van der Waals surface area contributed by atoms with Gasteiger partial charge in [0, 0.05) is 6.04 Å². The van der Waals surface area contributed by atoms with E-state index in [1.165, 1.54) is 12.1 Å². The van der Waals surface area contributed by atoms with E-state index in [2.05, 4.69) is 5.32 Å². The van der Waals surface area contributed by atoms with Gasteiger partial charge in [0.25, 0.3) is 0 Å². The number of primary amides is 1. The third kappa shape index (κ3) is 4.11. The van der Waals surface area contributed by atoms with E-state index in [9.17, 15) is 9.18 Å². The van der Waals surface area contributed by atoms with Gasteiger partial charge >= 0.3 is 0 Å². The Bertz CT molecular complexity index is 703. The molecule has 4 nitrogen and oxygen atoms in total. The van der Waals surface area contributed by atoms with Gasteiger partial charge in [-0.05, 0) is 54.7 Å². The third-order valence-electron chi connectivity index (χ3n) is 4.31. The Morgan fingerprint density at radius 2 is 2.00 bits per heavy atom. The highest BCUT2D eigenvalue weighted by Crippen LogP contribution is 2.27. The van der Waals surface area contributed by atoms with E-state index in [0.29, 0.717) is 6.61 Å². The molecular formula is C19H21FN2O2. The molecule has 24 heavy (non-hydrogen) atoms. The number of piperidine rings is 1. The Hall–Kier alpha value is -2.40. The van der Waals surface area contributed by atoms with Crippen LogP contribution in [0.4, 0.5) is 4.39 Å². The van der Waals surface area contributed by atoms with Crippen molar-refractivity contribution in [2.75, 3.05) is 0 Å². The fourth-order valence-electron chi connectivity index (χ4n) is 3.01. The number of carbonyl (C=O) groups is 1. The molecule has 1 fully saturated rings. The van der Waals surface area contributed by atoms with E-state index >= 15 is 0 Å². The fourth-order valence-corrected chi connectivity index (χ4v) is 3.01. The molecule has 0 unspecified atom stereocenters. The predicted molar refractivity (Wildman–Crippen MR) is 89.9 cm³/mol. The first-order valence-corrected chi connectivity index (χ1v) is 8.14. The number of hydrogen-bond donors (Lipinski definition) is 2. The molecule has 126 valence electrons. The lowest BCUT2D eigenvalue weighted by Gasteiger charge is -2.29. The second-order valence-electron chi connectivity index (χ2n) is 6.09. The maximum Gasteiger partial charge on any atom is 0.234 e. The molecule has 1 amide bonds. The fraction of sp³-hybridized carbons (Fsp3) is 0.316. The summed E-state index contributed by atoms with van der Waals surface area (Å²) >= 11 is 0. The maximum absolute atomic E-state index is 13.1. The van der Waals surface area contributed by atoms with Crippen molar-refractivity contribution in [1.29, 1.82) is 0 Å². The van der Waals surface area contributed by atoms with Crippen LogP contribution in [0, 0.1) is 5.82 Å². The van der Waals surface area contributed by atoms with Gasteiger partial charge in [0.1, 0.15) is 18.2 Å². The number of ether oxygens (including phenoxy) is 1. The molecule has 1 saturated heterocycles. The number of halogens is 1. The Labute approximate surface area is 140 Å². The molecule has 5 heteroatoms. The van der Waals surface area contributed by atoms with Gasteiger partial charge < -0.3 is 10.5 Å². The molecule has 2 aromatic carbocycles. The topological polar surface area (TPSA) is 64.4 Å². The van der Waals surface area contributed by atoms with Crippen LogP contribution < -0.4 is 15.8 Å². The Balaban J connectivity index is 1.60. The zero-order chi connectivity index (χ0) is 16.9. The number of nitrogens with one attached hydrogen (secondary N) is 1. The molecule has 0 saturated carbocycles. The van der Waals surface area contributed by atoms with E-state index in [1.54, 1.807) is 6.07 Å². The van der Waals surface area contributed by atoms with Crippen LogP contribution in [0.3, 0.4) is 0 Å². The molecule has 0 radical (unpaired) electrons. The standard InChI is InChI=1S/C19H21FN2O2/c20-15-4-1-3-13(11-15)12-24-16-9-7-14(8-10-16)17-5-2-6-18(22-17)19(21)23/h1,3-4,7-11,17-18,22H,2,5-6,12H2,(H2,21,23)/t17-,18+/m0/s1. The van der Waals surface area contributed by atoms with E-state index < -0.39 is 0 Å². The molecule has 2 aromatic rings. The molecule has 1 aliphatic heterocycles. The van der Waals surface area contributed by atoms with Gasteiger partial charge in [0.15, 0.2) is 0 Å². The highest BCUT2D eigenvalue weighted by molar-refractivity contribution is 5.80. The summed E-state index contributed by atoms with van der Waals surface area (Å²) in [6.07, 6.45) is 2.75. The number of amides is 1. The molecule has 0 bridgehead atoms. The van der Waals surface area contributed by atoms with Gasteiger partial charge in [-0.1, -0.05) is 24.3 Å². The minimum Gasteiger partial charge on any atom is -0.489 e. The van der Waals surface area contributed by atoms with Crippen molar-refractivity contribution in [3.8, 4) is 5.75 Å². The number of benzene rings is 2. The molecule has 2 atom stereocenters. The molecule has 1 aliphatic rings. The van der Waals surface area contributed by atoms with Crippen molar-refractivity contribution in [1.82, 2.24) is 5.32 Å². The Kier molecular flexibility index (Phi) is 5.11. The van der Waals surface area contributed by atoms with Crippen molar-refractivity contribution in [3.05, 3.63) is 65.5 Å². The van der Waals surface area contributed by atoms with Crippen LogP contribution in [0.1, 0.15) is 36.4 Å². The quantitative estimate of drug-likeness (QED) is 0.886. The van der Waals surface area contributed by atoms with Crippen LogP contribution in [-0.2, 0) is 11.4 Å². The predicted octanol–water partition coefficient (Wildman–Crippen LogP) is 3.07. The van der Waals surface area contributed by atoms with E-state index in [0.717, 1.165) is 36.1 Å². The summed E-state index contributed by atoms with van der Waals surface area (Å²) in [4.78, 5) is 11.3. The molecular weight excluding hydrogens is 307 g/mol. The highest BCUT2D eigenvalue weighted by Gasteiger charge is 2.25. The first-order valence-electron chi connectivity index (χ1n) is 8.14. The van der Waals surface area contributed by atoms with Crippen LogP contribution in [0.2, 0.25) is 0 Å². The lowest BCUT2D eigenvalue weighted by atomic mass is 9.93. The Morgan fingerprint density at radius 3 is 2.71 bits per heavy atom. The van der Waals surface area contributed by atoms with E-state index in [-0.39, 0.29) is 23.8 Å². The van der Waals surface area contributed by atoms with Gasteiger partial charge in [-0.15, -0.1) is 0 Å². The molecule has 0 spiro atoms. The van der Waals surface area contributed by atoms with Gasteiger partial charge in [-0.3, -0.25) is 10.1 Å². The monoisotopic (exact) mass is 328 g/mol. The van der Waals surface area contributed by atoms with Crippen molar-refractivity contribution < 1.29 is 13.9 Å². The van der Waals surface area contributed by atoms with E-state index in [1.807, 2.05) is 30.3 Å². The van der Waals surface area contributed by atoms with E-state index in [4.69, 9.17) is 10.5 Å². The number of hydrogen-bond acceptors (Lipinski definition) is 3. The summed E-state index contributed by atoms with van der Waals surface area (Å²) in [5, 5.41) is 3.30.